The molecule has 1 aromatic carbocycles. The highest BCUT2D eigenvalue weighted by Crippen LogP contribution is 2.24. The highest BCUT2D eigenvalue weighted by atomic mass is 16.5. The number of hydrogen-bond acceptors (Lipinski definition) is 4. The van der Waals surface area contributed by atoms with Gasteiger partial charge in [-0.05, 0) is 38.0 Å². The first-order valence-electron chi connectivity index (χ1n) is 7.46. The van der Waals surface area contributed by atoms with Gasteiger partial charge in [-0.1, -0.05) is 0 Å². The van der Waals surface area contributed by atoms with Gasteiger partial charge in [-0.25, -0.2) is 0 Å². The molecule has 2 rings (SSSR count). The largest absolute Gasteiger partial charge is 0.497 e. The molecule has 0 radical (unpaired) electrons. The second-order valence-corrected chi connectivity index (χ2v) is 5.44. The van der Waals surface area contributed by atoms with Crippen molar-refractivity contribution in [2.45, 2.75) is 26.7 Å². The minimum Gasteiger partial charge on any atom is -0.497 e. The average molecular weight is 317 g/mol. The van der Waals surface area contributed by atoms with E-state index in [0.717, 1.165) is 34.1 Å². The van der Waals surface area contributed by atoms with E-state index in [9.17, 15) is 4.79 Å². The number of carbonyl (C=O) groups excluding carboxylic acids is 1. The number of aryl methyl sites for hydroxylation is 3. The van der Waals surface area contributed by atoms with Crippen LogP contribution in [0.25, 0.3) is 0 Å². The Kier molecular flexibility index (Phi) is 5.26. The van der Waals surface area contributed by atoms with Gasteiger partial charge in [0.1, 0.15) is 11.5 Å². The van der Waals surface area contributed by atoms with E-state index in [1.165, 1.54) is 0 Å². The van der Waals surface area contributed by atoms with Gasteiger partial charge in [-0.3, -0.25) is 9.48 Å². The maximum absolute atomic E-state index is 12.2. The summed E-state index contributed by atoms with van der Waals surface area (Å²) in [6.07, 6.45) is 0.988. The van der Waals surface area contributed by atoms with Gasteiger partial charge in [0, 0.05) is 19.5 Å². The lowest BCUT2D eigenvalue weighted by molar-refractivity contribution is -0.116. The molecular weight excluding hydrogens is 294 g/mol. The third-order valence-corrected chi connectivity index (χ3v) is 3.83. The Morgan fingerprint density at radius 1 is 1.17 bits per heavy atom. The molecule has 0 atom stereocenters. The Balaban J connectivity index is 2.02. The van der Waals surface area contributed by atoms with E-state index >= 15 is 0 Å². The van der Waals surface area contributed by atoms with Crippen LogP contribution in [0.5, 0.6) is 11.5 Å². The van der Waals surface area contributed by atoms with Gasteiger partial charge in [0.25, 0.3) is 0 Å². The molecular formula is C17H23N3O3. The van der Waals surface area contributed by atoms with Gasteiger partial charge >= 0.3 is 0 Å². The predicted octanol–water partition coefficient (Wildman–Crippen LogP) is 2.63. The second kappa shape index (κ2) is 7.17. The molecule has 0 aliphatic carbocycles. The van der Waals surface area contributed by atoms with Crippen LogP contribution in [-0.2, 0) is 18.3 Å². The fraction of sp³-hybridized carbons (Fsp3) is 0.412. The normalized spacial score (nSPS) is 10.5. The van der Waals surface area contributed by atoms with Gasteiger partial charge in [0.2, 0.25) is 5.91 Å². The van der Waals surface area contributed by atoms with Gasteiger partial charge in [-0.15, -0.1) is 0 Å². The number of carbonyl (C=O) groups is 1. The van der Waals surface area contributed by atoms with Crippen molar-refractivity contribution in [3.8, 4) is 11.5 Å². The molecule has 1 aromatic heterocycles. The molecule has 23 heavy (non-hydrogen) atoms. The number of amides is 1. The van der Waals surface area contributed by atoms with Crippen LogP contribution in [-0.4, -0.2) is 29.9 Å². The minimum absolute atomic E-state index is 0.0361. The Hall–Kier alpha value is -2.50. The van der Waals surface area contributed by atoms with Gasteiger partial charge in [-0.2, -0.15) is 5.10 Å². The van der Waals surface area contributed by atoms with Crippen molar-refractivity contribution in [1.29, 1.82) is 0 Å². The van der Waals surface area contributed by atoms with E-state index in [4.69, 9.17) is 9.47 Å². The van der Waals surface area contributed by atoms with Gasteiger partial charge < -0.3 is 14.8 Å². The summed E-state index contributed by atoms with van der Waals surface area (Å²) in [6.45, 7) is 3.82. The minimum atomic E-state index is -0.0361. The number of benzene rings is 1. The van der Waals surface area contributed by atoms with E-state index in [0.29, 0.717) is 12.8 Å². The monoisotopic (exact) mass is 317 g/mol. The lowest BCUT2D eigenvalue weighted by Gasteiger charge is -2.09. The fourth-order valence-electron chi connectivity index (χ4n) is 2.42. The molecule has 0 unspecified atom stereocenters. The summed E-state index contributed by atoms with van der Waals surface area (Å²) >= 11 is 0. The van der Waals surface area contributed by atoms with Crippen molar-refractivity contribution in [2.24, 2.45) is 7.05 Å². The SMILES string of the molecule is COc1cc(CCC(=O)Nc2c(C)nn(C)c2C)cc(OC)c1. The lowest BCUT2D eigenvalue weighted by Crippen LogP contribution is -2.13. The van der Waals surface area contributed by atoms with Crippen molar-refractivity contribution in [1.82, 2.24) is 9.78 Å². The maximum Gasteiger partial charge on any atom is 0.224 e. The quantitative estimate of drug-likeness (QED) is 0.889. The second-order valence-electron chi connectivity index (χ2n) is 5.44. The first-order chi connectivity index (χ1) is 10.9. The van der Waals surface area contributed by atoms with E-state index in [2.05, 4.69) is 10.4 Å². The third-order valence-electron chi connectivity index (χ3n) is 3.83. The van der Waals surface area contributed by atoms with Crippen LogP contribution in [0.15, 0.2) is 18.2 Å². The van der Waals surface area contributed by atoms with Crippen LogP contribution in [0.4, 0.5) is 5.69 Å². The number of aromatic nitrogens is 2. The molecule has 124 valence electrons. The molecule has 6 nitrogen and oxygen atoms in total. The first kappa shape index (κ1) is 16.9. The van der Waals surface area contributed by atoms with Crippen molar-refractivity contribution in [2.75, 3.05) is 19.5 Å². The van der Waals surface area contributed by atoms with Crippen LogP contribution in [0.1, 0.15) is 23.4 Å². The standard InChI is InChI=1S/C17H23N3O3/c1-11-17(12(2)20(3)19-11)18-16(21)7-6-13-8-14(22-4)10-15(9-13)23-5/h8-10H,6-7H2,1-5H3,(H,18,21). The molecule has 1 amide bonds. The van der Waals surface area contributed by atoms with Gasteiger partial charge in [0.15, 0.2) is 0 Å². The summed E-state index contributed by atoms with van der Waals surface area (Å²) in [5, 5.41) is 7.24. The molecule has 2 aromatic rings. The van der Waals surface area contributed by atoms with Crippen LogP contribution in [0.3, 0.4) is 0 Å². The molecule has 0 saturated heterocycles. The van der Waals surface area contributed by atoms with Crippen LogP contribution in [0.2, 0.25) is 0 Å². The molecule has 0 aliphatic heterocycles. The molecule has 1 heterocycles. The first-order valence-corrected chi connectivity index (χ1v) is 7.46. The smallest absolute Gasteiger partial charge is 0.224 e. The Morgan fingerprint density at radius 3 is 2.26 bits per heavy atom. The van der Waals surface area contributed by atoms with Crippen molar-refractivity contribution < 1.29 is 14.3 Å². The molecule has 0 aliphatic rings. The zero-order valence-electron chi connectivity index (χ0n) is 14.3. The molecule has 0 bridgehead atoms. The lowest BCUT2D eigenvalue weighted by atomic mass is 10.1. The third kappa shape index (κ3) is 4.03. The number of nitrogens with zero attached hydrogens (tertiary/aromatic N) is 2. The topological polar surface area (TPSA) is 65.4 Å². The maximum atomic E-state index is 12.2. The van der Waals surface area contributed by atoms with Gasteiger partial charge in [0.05, 0.1) is 31.3 Å². The molecule has 1 N–H and O–H groups in total. The Labute approximate surface area is 136 Å². The Bertz CT molecular complexity index is 685. The number of nitrogens with one attached hydrogen (secondary N) is 1. The van der Waals surface area contributed by atoms with Crippen LogP contribution < -0.4 is 14.8 Å². The number of anilines is 1. The zero-order chi connectivity index (χ0) is 17.0. The molecule has 6 heteroatoms. The van der Waals surface area contributed by atoms with E-state index in [1.54, 1.807) is 18.9 Å². The highest BCUT2D eigenvalue weighted by molar-refractivity contribution is 5.92. The van der Waals surface area contributed by atoms with Crippen molar-refractivity contribution >= 4 is 11.6 Å². The Morgan fingerprint density at radius 2 is 1.78 bits per heavy atom. The highest BCUT2D eigenvalue weighted by Gasteiger charge is 2.12. The summed E-state index contributed by atoms with van der Waals surface area (Å²) in [7, 11) is 5.08. The van der Waals surface area contributed by atoms with Crippen molar-refractivity contribution in [3.05, 3.63) is 35.2 Å². The van der Waals surface area contributed by atoms with E-state index in [1.807, 2.05) is 39.1 Å². The average Bonchev–Trinajstić information content (AvgIpc) is 2.78. The summed E-state index contributed by atoms with van der Waals surface area (Å²) < 4.78 is 12.2. The fourth-order valence-corrected chi connectivity index (χ4v) is 2.42. The van der Waals surface area contributed by atoms with E-state index < -0.39 is 0 Å². The van der Waals surface area contributed by atoms with Crippen molar-refractivity contribution in [3.63, 3.8) is 0 Å². The number of rotatable bonds is 6. The number of ether oxygens (including phenoxy) is 2. The molecule has 0 spiro atoms. The number of methoxy groups -OCH3 is 2. The predicted molar refractivity (Wildman–Crippen MR) is 89.2 cm³/mol. The van der Waals surface area contributed by atoms with Crippen LogP contribution in [0, 0.1) is 13.8 Å². The summed E-state index contributed by atoms with van der Waals surface area (Å²) in [6, 6.07) is 5.64. The molecule has 0 fully saturated rings. The number of hydrogen-bond donors (Lipinski definition) is 1. The molecule has 0 saturated carbocycles. The zero-order valence-corrected chi connectivity index (χ0v) is 14.3. The summed E-state index contributed by atoms with van der Waals surface area (Å²) in [5.41, 5.74) is 3.55. The van der Waals surface area contributed by atoms with E-state index in [-0.39, 0.29) is 5.91 Å². The van der Waals surface area contributed by atoms with Crippen LogP contribution >= 0.6 is 0 Å². The summed E-state index contributed by atoms with van der Waals surface area (Å²) in [4.78, 5) is 12.2. The summed E-state index contributed by atoms with van der Waals surface area (Å²) in [5.74, 6) is 1.41.